The maximum absolute atomic E-state index is 12.7. The standard InChI is InChI=1S/C24H21N5O3/c1-14(2)19-13-29-23(18-9-20(30)17(24(31)32)12-28(18)19)21(15-5-3-7-25-10-15)22(27-29)16-6-4-8-26-11-16/h3-12,14,19H,13H2,1-2H3,(H,31,32)/t19-/m0/s1. The number of carboxylic acids is 1. The number of hydrogen-bond acceptors (Lipinski definition) is 5. The molecule has 0 aromatic carbocycles. The van der Waals surface area contributed by atoms with Gasteiger partial charge < -0.3 is 9.67 Å². The summed E-state index contributed by atoms with van der Waals surface area (Å²) in [5.41, 5.74) is 3.94. The summed E-state index contributed by atoms with van der Waals surface area (Å²) in [5, 5.41) is 14.5. The highest BCUT2D eigenvalue weighted by molar-refractivity contribution is 5.92. The summed E-state index contributed by atoms with van der Waals surface area (Å²) in [7, 11) is 0. The van der Waals surface area contributed by atoms with Crippen LogP contribution >= 0.6 is 0 Å². The first kappa shape index (κ1) is 19.9. The number of hydrogen-bond donors (Lipinski definition) is 1. The first-order valence-corrected chi connectivity index (χ1v) is 10.4. The Morgan fingerprint density at radius 1 is 1.12 bits per heavy atom. The van der Waals surface area contributed by atoms with Crippen LogP contribution in [0.4, 0.5) is 0 Å². The Hall–Kier alpha value is -4.07. The van der Waals surface area contributed by atoms with Crippen LogP contribution in [0.15, 0.2) is 66.1 Å². The van der Waals surface area contributed by atoms with E-state index in [9.17, 15) is 14.7 Å². The van der Waals surface area contributed by atoms with Gasteiger partial charge in [-0.1, -0.05) is 19.9 Å². The van der Waals surface area contributed by atoms with Gasteiger partial charge in [0.15, 0.2) is 5.43 Å². The molecule has 0 amide bonds. The summed E-state index contributed by atoms with van der Waals surface area (Å²) < 4.78 is 3.84. The molecule has 1 atom stereocenters. The van der Waals surface area contributed by atoms with E-state index in [0.29, 0.717) is 12.2 Å². The van der Waals surface area contributed by atoms with Crippen LogP contribution in [0.5, 0.6) is 0 Å². The van der Waals surface area contributed by atoms with Crippen molar-refractivity contribution in [3.8, 4) is 33.8 Å². The Balaban J connectivity index is 1.87. The second kappa shape index (κ2) is 7.56. The van der Waals surface area contributed by atoms with Gasteiger partial charge in [0.1, 0.15) is 11.3 Å². The molecule has 8 nitrogen and oxygen atoms in total. The number of aromatic nitrogens is 5. The predicted molar refractivity (Wildman–Crippen MR) is 119 cm³/mol. The molecule has 32 heavy (non-hydrogen) atoms. The molecule has 0 fully saturated rings. The Morgan fingerprint density at radius 2 is 1.81 bits per heavy atom. The number of aromatic carboxylic acids is 1. The normalized spacial score (nSPS) is 14.8. The first-order valence-electron chi connectivity index (χ1n) is 10.4. The molecule has 0 saturated carbocycles. The molecule has 1 aliphatic heterocycles. The van der Waals surface area contributed by atoms with Gasteiger partial charge >= 0.3 is 5.97 Å². The van der Waals surface area contributed by atoms with Gasteiger partial charge in [-0.3, -0.25) is 19.4 Å². The lowest BCUT2D eigenvalue weighted by molar-refractivity contribution is 0.0694. The molecule has 1 aliphatic rings. The molecular weight excluding hydrogens is 406 g/mol. The second-order valence-electron chi connectivity index (χ2n) is 8.20. The van der Waals surface area contributed by atoms with Crippen LogP contribution in [0.25, 0.3) is 33.8 Å². The molecule has 4 aromatic rings. The van der Waals surface area contributed by atoms with Crippen molar-refractivity contribution in [1.29, 1.82) is 0 Å². The Bertz CT molecular complexity index is 1370. The quantitative estimate of drug-likeness (QED) is 0.532. The molecule has 0 bridgehead atoms. The molecule has 160 valence electrons. The van der Waals surface area contributed by atoms with E-state index in [1.807, 2.05) is 33.5 Å². The molecule has 0 unspecified atom stereocenters. The highest BCUT2D eigenvalue weighted by atomic mass is 16.4. The van der Waals surface area contributed by atoms with E-state index in [4.69, 9.17) is 5.10 Å². The zero-order valence-corrected chi connectivity index (χ0v) is 17.6. The van der Waals surface area contributed by atoms with E-state index in [0.717, 1.165) is 28.1 Å². The minimum atomic E-state index is -1.23. The van der Waals surface area contributed by atoms with Gasteiger partial charge in [0.25, 0.3) is 0 Å². The Morgan fingerprint density at radius 3 is 2.41 bits per heavy atom. The van der Waals surface area contributed by atoms with Crippen molar-refractivity contribution in [3.63, 3.8) is 0 Å². The van der Waals surface area contributed by atoms with Gasteiger partial charge in [0.05, 0.1) is 24.0 Å². The average molecular weight is 427 g/mol. The maximum atomic E-state index is 12.7. The fourth-order valence-electron chi connectivity index (χ4n) is 4.31. The highest BCUT2D eigenvalue weighted by Crippen LogP contribution is 2.43. The van der Waals surface area contributed by atoms with Crippen molar-refractivity contribution < 1.29 is 9.90 Å². The van der Waals surface area contributed by atoms with E-state index in [1.165, 1.54) is 12.3 Å². The molecule has 0 aliphatic carbocycles. The lowest BCUT2D eigenvalue weighted by Crippen LogP contribution is -2.31. The smallest absolute Gasteiger partial charge is 0.341 e. The van der Waals surface area contributed by atoms with Crippen LogP contribution in [0.1, 0.15) is 30.2 Å². The molecule has 5 rings (SSSR count). The first-order chi connectivity index (χ1) is 15.5. The highest BCUT2D eigenvalue weighted by Gasteiger charge is 2.33. The largest absolute Gasteiger partial charge is 0.477 e. The SMILES string of the molecule is CC(C)[C@@H]1Cn2nc(-c3cccnc3)c(-c3cccnc3)c2-c2cc(=O)c(C(=O)O)cn21. The van der Waals surface area contributed by atoms with Crippen LogP contribution in [-0.4, -0.2) is 35.4 Å². The van der Waals surface area contributed by atoms with Crippen molar-refractivity contribution in [2.24, 2.45) is 5.92 Å². The molecule has 1 N–H and O–H groups in total. The number of pyridine rings is 3. The summed E-state index contributed by atoms with van der Waals surface area (Å²) in [6, 6.07) is 8.97. The van der Waals surface area contributed by atoms with Gasteiger partial charge in [-0.15, -0.1) is 0 Å². The van der Waals surface area contributed by atoms with Crippen molar-refractivity contribution in [2.75, 3.05) is 0 Å². The molecule has 0 spiro atoms. The third-order valence-electron chi connectivity index (χ3n) is 5.88. The number of rotatable bonds is 4. The molecule has 5 heterocycles. The summed E-state index contributed by atoms with van der Waals surface area (Å²) in [6.45, 7) is 4.70. The zero-order chi connectivity index (χ0) is 22.4. The summed E-state index contributed by atoms with van der Waals surface area (Å²) in [6.07, 6.45) is 8.41. The topological polar surface area (TPSA) is 103 Å². The van der Waals surface area contributed by atoms with Crippen LogP contribution < -0.4 is 5.43 Å². The van der Waals surface area contributed by atoms with Gasteiger partial charge in [-0.25, -0.2) is 4.79 Å². The van der Waals surface area contributed by atoms with Crippen molar-refractivity contribution >= 4 is 5.97 Å². The van der Waals surface area contributed by atoms with Crippen LogP contribution in [0.3, 0.4) is 0 Å². The molecule has 0 radical (unpaired) electrons. The monoisotopic (exact) mass is 427 g/mol. The fraction of sp³-hybridized carbons (Fsp3) is 0.208. The van der Waals surface area contributed by atoms with Crippen LogP contribution in [0.2, 0.25) is 0 Å². The number of nitrogens with zero attached hydrogens (tertiary/aromatic N) is 5. The predicted octanol–water partition coefficient (Wildman–Crippen LogP) is 3.74. The van der Waals surface area contributed by atoms with Gasteiger partial charge in [-0.05, 0) is 24.1 Å². The lowest BCUT2D eigenvalue weighted by Gasteiger charge is -2.32. The summed E-state index contributed by atoms with van der Waals surface area (Å²) in [5.74, 6) is -1.03. The summed E-state index contributed by atoms with van der Waals surface area (Å²) in [4.78, 5) is 32.9. The fourth-order valence-corrected chi connectivity index (χ4v) is 4.31. The van der Waals surface area contributed by atoms with E-state index >= 15 is 0 Å². The average Bonchev–Trinajstić information content (AvgIpc) is 3.19. The minimum absolute atomic E-state index is 0.0559. The van der Waals surface area contributed by atoms with E-state index in [-0.39, 0.29) is 17.5 Å². The third kappa shape index (κ3) is 3.11. The Kier molecular flexibility index (Phi) is 4.70. The number of carboxylic acid groups (broad SMARTS) is 1. The minimum Gasteiger partial charge on any atom is -0.477 e. The molecule has 8 heteroatoms. The summed E-state index contributed by atoms with van der Waals surface area (Å²) >= 11 is 0. The van der Waals surface area contributed by atoms with E-state index in [1.54, 1.807) is 24.8 Å². The van der Waals surface area contributed by atoms with E-state index < -0.39 is 11.4 Å². The van der Waals surface area contributed by atoms with Crippen LogP contribution in [-0.2, 0) is 6.54 Å². The van der Waals surface area contributed by atoms with Gasteiger partial charge in [0, 0.05) is 53.7 Å². The van der Waals surface area contributed by atoms with Crippen molar-refractivity contribution in [1.82, 2.24) is 24.3 Å². The Labute approximate surface area is 183 Å². The van der Waals surface area contributed by atoms with Gasteiger partial charge in [0.2, 0.25) is 0 Å². The molecule has 4 aromatic heterocycles. The zero-order valence-electron chi connectivity index (χ0n) is 17.6. The molecular formula is C24H21N5O3. The molecule has 0 saturated heterocycles. The van der Waals surface area contributed by atoms with Crippen LogP contribution in [0, 0.1) is 5.92 Å². The number of fused-ring (bicyclic) bond motifs is 3. The lowest BCUT2D eigenvalue weighted by atomic mass is 9.95. The van der Waals surface area contributed by atoms with Crippen molar-refractivity contribution in [2.45, 2.75) is 26.4 Å². The maximum Gasteiger partial charge on any atom is 0.341 e. The van der Waals surface area contributed by atoms with E-state index in [2.05, 4.69) is 23.8 Å². The second-order valence-corrected chi connectivity index (χ2v) is 8.20. The number of carbonyl (C=O) groups is 1. The third-order valence-corrected chi connectivity index (χ3v) is 5.88. The van der Waals surface area contributed by atoms with Gasteiger partial charge in [-0.2, -0.15) is 5.10 Å². The van der Waals surface area contributed by atoms with Crippen molar-refractivity contribution in [3.05, 3.63) is 77.1 Å².